The second-order valence-electron chi connectivity index (χ2n) is 2.89. The number of hydrogen-bond acceptors (Lipinski definition) is 2. The monoisotopic (exact) mass is 129 g/mol. The highest BCUT2D eigenvalue weighted by Crippen LogP contribution is 2.23. The lowest BCUT2D eigenvalue weighted by molar-refractivity contribution is 0.154. The van der Waals surface area contributed by atoms with Gasteiger partial charge < -0.3 is 10.5 Å². The van der Waals surface area contributed by atoms with Crippen LogP contribution in [-0.2, 0) is 4.74 Å². The van der Waals surface area contributed by atoms with Crippen LogP contribution in [0, 0.1) is 5.92 Å². The fraction of sp³-hybridized carbons (Fsp3) is 1.00. The highest BCUT2D eigenvalue weighted by atomic mass is 16.5. The Morgan fingerprint density at radius 2 is 2.33 bits per heavy atom. The van der Waals surface area contributed by atoms with Crippen molar-refractivity contribution in [3.63, 3.8) is 0 Å². The smallest absolute Gasteiger partial charge is 0.0491 e. The van der Waals surface area contributed by atoms with Gasteiger partial charge in [0.05, 0.1) is 0 Å². The maximum absolute atomic E-state index is 5.70. The zero-order valence-electron chi connectivity index (χ0n) is 5.97. The van der Waals surface area contributed by atoms with E-state index in [-0.39, 0.29) is 0 Å². The molecule has 2 atom stereocenters. The predicted octanol–water partition coefficient (Wildman–Crippen LogP) is 0.760. The third kappa shape index (κ3) is 1.95. The molecule has 0 aliphatic heterocycles. The van der Waals surface area contributed by atoms with Crippen LogP contribution >= 0.6 is 0 Å². The third-order valence-corrected chi connectivity index (χ3v) is 1.98. The van der Waals surface area contributed by atoms with Crippen molar-refractivity contribution in [1.29, 1.82) is 0 Å². The molecule has 0 aromatic carbocycles. The standard InChI is InChI=1S/C7H15NO/c1-9-5-6-2-3-7(8)4-6/h6-7H,2-5,8H2,1H3/t6-,7+/m1/s1. The van der Waals surface area contributed by atoms with Gasteiger partial charge >= 0.3 is 0 Å². The van der Waals surface area contributed by atoms with Crippen molar-refractivity contribution >= 4 is 0 Å². The van der Waals surface area contributed by atoms with Crippen LogP contribution in [0.3, 0.4) is 0 Å². The van der Waals surface area contributed by atoms with Crippen molar-refractivity contribution in [1.82, 2.24) is 0 Å². The molecule has 2 N–H and O–H groups in total. The second kappa shape index (κ2) is 3.18. The van der Waals surface area contributed by atoms with Gasteiger partial charge in [-0.1, -0.05) is 0 Å². The molecule has 1 rings (SSSR count). The molecule has 2 heteroatoms. The van der Waals surface area contributed by atoms with Crippen LogP contribution in [0.15, 0.2) is 0 Å². The van der Waals surface area contributed by atoms with Gasteiger partial charge in [0.2, 0.25) is 0 Å². The third-order valence-electron chi connectivity index (χ3n) is 1.98. The van der Waals surface area contributed by atoms with Crippen molar-refractivity contribution in [3.05, 3.63) is 0 Å². The first-order chi connectivity index (χ1) is 4.33. The number of methoxy groups -OCH3 is 1. The molecule has 0 aromatic rings. The van der Waals surface area contributed by atoms with Crippen molar-refractivity contribution in [2.45, 2.75) is 25.3 Å². The van der Waals surface area contributed by atoms with E-state index in [1.54, 1.807) is 7.11 Å². The number of hydrogen-bond donors (Lipinski definition) is 1. The maximum Gasteiger partial charge on any atom is 0.0491 e. The van der Waals surface area contributed by atoms with Gasteiger partial charge in [0.1, 0.15) is 0 Å². The van der Waals surface area contributed by atoms with E-state index >= 15 is 0 Å². The zero-order chi connectivity index (χ0) is 6.69. The minimum Gasteiger partial charge on any atom is -0.384 e. The molecule has 1 saturated carbocycles. The molecule has 0 radical (unpaired) electrons. The fourth-order valence-electron chi connectivity index (χ4n) is 1.50. The summed E-state index contributed by atoms with van der Waals surface area (Å²) in [6.45, 7) is 0.897. The molecule has 0 spiro atoms. The molecule has 0 bridgehead atoms. The molecule has 54 valence electrons. The van der Waals surface area contributed by atoms with E-state index in [1.807, 2.05) is 0 Å². The zero-order valence-corrected chi connectivity index (χ0v) is 5.97. The van der Waals surface area contributed by atoms with Gasteiger partial charge in [-0.15, -0.1) is 0 Å². The normalized spacial score (nSPS) is 35.3. The molecular weight excluding hydrogens is 114 g/mol. The molecule has 1 fully saturated rings. The Labute approximate surface area is 56.4 Å². The van der Waals surface area contributed by atoms with Crippen molar-refractivity contribution in [2.75, 3.05) is 13.7 Å². The van der Waals surface area contributed by atoms with E-state index < -0.39 is 0 Å². The Kier molecular flexibility index (Phi) is 2.49. The molecule has 2 nitrogen and oxygen atoms in total. The lowest BCUT2D eigenvalue weighted by Crippen LogP contribution is -2.15. The van der Waals surface area contributed by atoms with E-state index in [0.717, 1.165) is 18.9 Å². The quantitative estimate of drug-likeness (QED) is 0.597. The summed E-state index contributed by atoms with van der Waals surface area (Å²) >= 11 is 0. The molecule has 1 aliphatic rings. The van der Waals surface area contributed by atoms with Crippen molar-refractivity contribution in [3.8, 4) is 0 Å². The first-order valence-corrected chi connectivity index (χ1v) is 3.57. The summed E-state index contributed by atoms with van der Waals surface area (Å²) in [7, 11) is 1.75. The Balaban J connectivity index is 2.14. The van der Waals surface area contributed by atoms with Crippen LogP contribution in [0.4, 0.5) is 0 Å². The Hall–Kier alpha value is -0.0800. The summed E-state index contributed by atoms with van der Waals surface area (Å²) < 4.78 is 5.02. The topological polar surface area (TPSA) is 35.2 Å². The largest absolute Gasteiger partial charge is 0.384 e. The lowest BCUT2D eigenvalue weighted by atomic mass is 10.1. The molecule has 0 heterocycles. The molecule has 0 unspecified atom stereocenters. The molecule has 1 aliphatic carbocycles. The van der Waals surface area contributed by atoms with E-state index in [1.165, 1.54) is 12.8 Å². The molecule has 0 saturated heterocycles. The van der Waals surface area contributed by atoms with Gasteiger partial charge in [-0.2, -0.15) is 0 Å². The maximum atomic E-state index is 5.70. The Bertz CT molecular complexity index is 83.0. The van der Waals surface area contributed by atoms with Gasteiger partial charge in [-0.3, -0.25) is 0 Å². The van der Waals surface area contributed by atoms with Gasteiger partial charge in [-0.05, 0) is 25.2 Å². The summed E-state index contributed by atoms with van der Waals surface area (Å²) in [5.74, 6) is 0.741. The highest BCUT2D eigenvalue weighted by Gasteiger charge is 2.20. The number of nitrogens with two attached hydrogens (primary N) is 1. The van der Waals surface area contributed by atoms with E-state index in [4.69, 9.17) is 10.5 Å². The van der Waals surface area contributed by atoms with Crippen LogP contribution in [-0.4, -0.2) is 19.8 Å². The van der Waals surface area contributed by atoms with Crippen LogP contribution < -0.4 is 5.73 Å². The molecular formula is C7H15NO. The molecule has 9 heavy (non-hydrogen) atoms. The number of rotatable bonds is 2. The van der Waals surface area contributed by atoms with Gasteiger partial charge in [-0.25, -0.2) is 0 Å². The van der Waals surface area contributed by atoms with Crippen molar-refractivity contribution in [2.24, 2.45) is 11.7 Å². The van der Waals surface area contributed by atoms with Crippen molar-refractivity contribution < 1.29 is 4.74 Å². The average molecular weight is 129 g/mol. The van der Waals surface area contributed by atoms with E-state index in [0.29, 0.717) is 6.04 Å². The minimum absolute atomic E-state index is 0.449. The first-order valence-electron chi connectivity index (χ1n) is 3.57. The average Bonchev–Trinajstić information content (AvgIpc) is 2.17. The van der Waals surface area contributed by atoms with Gasteiger partial charge in [0.25, 0.3) is 0 Å². The summed E-state index contributed by atoms with van der Waals surface area (Å²) in [6.07, 6.45) is 3.61. The second-order valence-corrected chi connectivity index (χ2v) is 2.89. The summed E-state index contributed by atoms with van der Waals surface area (Å²) in [4.78, 5) is 0. The van der Waals surface area contributed by atoms with Gasteiger partial charge in [0, 0.05) is 19.8 Å². The summed E-state index contributed by atoms with van der Waals surface area (Å²) in [5, 5.41) is 0. The van der Waals surface area contributed by atoms with Crippen LogP contribution in [0.2, 0.25) is 0 Å². The number of ether oxygens (including phenoxy) is 1. The summed E-state index contributed by atoms with van der Waals surface area (Å²) in [5.41, 5.74) is 5.70. The SMILES string of the molecule is COC[C@@H]1CC[C@H](N)C1. The molecule has 0 aromatic heterocycles. The first kappa shape index (κ1) is 7.03. The summed E-state index contributed by atoms with van der Waals surface area (Å²) in [6, 6.07) is 0.449. The van der Waals surface area contributed by atoms with E-state index in [2.05, 4.69) is 0 Å². The lowest BCUT2D eigenvalue weighted by Gasteiger charge is -2.05. The predicted molar refractivity (Wildman–Crippen MR) is 37.2 cm³/mol. The van der Waals surface area contributed by atoms with E-state index in [9.17, 15) is 0 Å². The minimum atomic E-state index is 0.449. The Morgan fingerprint density at radius 3 is 2.78 bits per heavy atom. The van der Waals surface area contributed by atoms with Gasteiger partial charge in [0.15, 0.2) is 0 Å². The fourth-order valence-corrected chi connectivity index (χ4v) is 1.50. The highest BCUT2D eigenvalue weighted by molar-refractivity contribution is 4.76. The van der Waals surface area contributed by atoms with Crippen LogP contribution in [0.25, 0.3) is 0 Å². The molecule has 0 amide bonds. The Morgan fingerprint density at radius 1 is 1.56 bits per heavy atom. The van der Waals surface area contributed by atoms with Crippen LogP contribution in [0.5, 0.6) is 0 Å². The van der Waals surface area contributed by atoms with Crippen LogP contribution in [0.1, 0.15) is 19.3 Å².